The van der Waals surface area contributed by atoms with Gasteiger partial charge in [-0.3, -0.25) is 0 Å². The Morgan fingerprint density at radius 2 is 2.00 bits per heavy atom. The number of rotatable bonds is 4. The molecule has 0 radical (unpaired) electrons. The number of ether oxygens (including phenoxy) is 1. The first kappa shape index (κ1) is 12.0. The van der Waals surface area contributed by atoms with Gasteiger partial charge in [-0.1, -0.05) is 18.2 Å². The summed E-state index contributed by atoms with van der Waals surface area (Å²) in [4.78, 5) is 0. The van der Waals surface area contributed by atoms with Gasteiger partial charge in [-0.25, -0.2) is 0 Å². The van der Waals surface area contributed by atoms with Crippen molar-refractivity contribution in [1.82, 2.24) is 5.32 Å². The molecule has 0 amide bonds. The largest absolute Gasteiger partial charge is 0.490 e. The number of nitrogens with two attached hydrogens (primary N) is 1. The van der Waals surface area contributed by atoms with E-state index in [0.29, 0.717) is 6.10 Å². The molecule has 1 aromatic rings. The van der Waals surface area contributed by atoms with E-state index in [-0.39, 0.29) is 5.54 Å². The lowest BCUT2D eigenvalue weighted by Gasteiger charge is -2.24. The van der Waals surface area contributed by atoms with Crippen molar-refractivity contribution in [3.05, 3.63) is 47.7 Å². The summed E-state index contributed by atoms with van der Waals surface area (Å²) in [5, 5.41) is 3.29. The summed E-state index contributed by atoms with van der Waals surface area (Å²) in [5.41, 5.74) is 10.1. The van der Waals surface area contributed by atoms with Crippen LogP contribution in [0, 0.1) is 0 Å². The number of allylic oxidation sites excluding steroid dienone is 2. The molecule has 2 aliphatic carbocycles. The van der Waals surface area contributed by atoms with Crippen LogP contribution in [-0.2, 0) is 0 Å². The van der Waals surface area contributed by atoms with Crippen LogP contribution < -0.4 is 15.8 Å². The number of nitrogens with one attached hydrogen (secondary N) is 1. The summed E-state index contributed by atoms with van der Waals surface area (Å²) in [6.07, 6.45) is 9.11. The second-order valence-electron chi connectivity index (χ2n) is 6.08. The highest BCUT2D eigenvalue weighted by Gasteiger charge is 2.43. The third kappa shape index (κ3) is 2.12. The first-order valence-electron chi connectivity index (χ1n) is 7.45. The average molecular weight is 268 g/mol. The van der Waals surface area contributed by atoms with E-state index in [1.807, 2.05) is 12.3 Å². The molecule has 0 aromatic heterocycles. The van der Waals surface area contributed by atoms with E-state index in [0.717, 1.165) is 25.1 Å². The lowest BCUT2D eigenvalue weighted by Crippen LogP contribution is -2.32. The lowest BCUT2D eigenvalue weighted by molar-refractivity contribution is 0.302. The third-order valence-electron chi connectivity index (χ3n) is 4.36. The number of para-hydroxylation sites is 1. The molecule has 0 spiro atoms. The molecule has 4 rings (SSSR count). The third-order valence-corrected chi connectivity index (χ3v) is 4.36. The second kappa shape index (κ2) is 4.38. The monoisotopic (exact) mass is 268 g/mol. The van der Waals surface area contributed by atoms with Crippen LogP contribution in [0.4, 0.5) is 0 Å². The highest BCUT2D eigenvalue weighted by atomic mass is 16.5. The summed E-state index contributed by atoms with van der Waals surface area (Å²) in [6, 6.07) is 8.34. The van der Waals surface area contributed by atoms with Gasteiger partial charge in [0.2, 0.25) is 0 Å². The maximum Gasteiger partial charge on any atom is 0.127 e. The highest BCUT2D eigenvalue weighted by molar-refractivity contribution is 5.83. The van der Waals surface area contributed by atoms with E-state index in [4.69, 9.17) is 10.5 Å². The summed E-state index contributed by atoms with van der Waals surface area (Å²) in [7, 11) is 0. The van der Waals surface area contributed by atoms with Gasteiger partial charge in [0, 0.05) is 17.6 Å². The zero-order valence-electron chi connectivity index (χ0n) is 11.6. The molecule has 3 nitrogen and oxygen atoms in total. The van der Waals surface area contributed by atoms with Crippen LogP contribution in [0.25, 0.3) is 5.57 Å². The van der Waals surface area contributed by atoms with Crippen molar-refractivity contribution >= 4 is 5.57 Å². The summed E-state index contributed by atoms with van der Waals surface area (Å²) >= 11 is 0. The van der Waals surface area contributed by atoms with Crippen LogP contribution in [0.2, 0.25) is 0 Å². The van der Waals surface area contributed by atoms with Crippen LogP contribution in [-0.4, -0.2) is 18.2 Å². The molecule has 104 valence electrons. The molecular weight excluding hydrogens is 248 g/mol. The van der Waals surface area contributed by atoms with Crippen molar-refractivity contribution in [1.29, 1.82) is 0 Å². The Labute approximate surface area is 119 Å². The summed E-state index contributed by atoms with van der Waals surface area (Å²) in [5.74, 6) is 0.998. The van der Waals surface area contributed by atoms with Crippen LogP contribution in [0.3, 0.4) is 0 Å². The Morgan fingerprint density at radius 3 is 2.75 bits per heavy atom. The zero-order valence-corrected chi connectivity index (χ0v) is 11.6. The van der Waals surface area contributed by atoms with Gasteiger partial charge in [0.1, 0.15) is 5.75 Å². The van der Waals surface area contributed by atoms with Crippen LogP contribution in [0.15, 0.2) is 42.1 Å². The maximum absolute atomic E-state index is 6.44. The Hall–Kier alpha value is -1.74. The van der Waals surface area contributed by atoms with Crippen LogP contribution in [0.5, 0.6) is 5.75 Å². The molecule has 1 aliphatic heterocycles. The van der Waals surface area contributed by atoms with Gasteiger partial charge < -0.3 is 15.8 Å². The van der Waals surface area contributed by atoms with Crippen LogP contribution in [0.1, 0.15) is 31.2 Å². The fourth-order valence-corrected chi connectivity index (χ4v) is 2.79. The Balaban J connectivity index is 1.78. The van der Waals surface area contributed by atoms with Gasteiger partial charge in [-0.2, -0.15) is 0 Å². The fourth-order valence-electron chi connectivity index (χ4n) is 2.79. The van der Waals surface area contributed by atoms with Gasteiger partial charge in [0.15, 0.2) is 0 Å². The molecule has 0 atom stereocenters. The Bertz CT molecular complexity index is 595. The topological polar surface area (TPSA) is 47.3 Å². The fraction of sp³-hybridized carbons (Fsp3) is 0.412. The first-order chi connectivity index (χ1) is 9.76. The number of benzene rings is 1. The molecule has 2 saturated carbocycles. The number of dihydropyridines is 1. The van der Waals surface area contributed by atoms with Crippen LogP contribution >= 0.6 is 0 Å². The van der Waals surface area contributed by atoms with Crippen molar-refractivity contribution in [3.63, 3.8) is 0 Å². The molecule has 1 heterocycles. The Morgan fingerprint density at radius 1 is 1.20 bits per heavy atom. The molecule has 1 aromatic carbocycles. The minimum atomic E-state index is -0.0974. The van der Waals surface area contributed by atoms with E-state index >= 15 is 0 Å². The minimum absolute atomic E-state index is 0.0974. The van der Waals surface area contributed by atoms with Crippen molar-refractivity contribution in [2.24, 2.45) is 5.73 Å². The van der Waals surface area contributed by atoms with E-state index < -0.39 is 0 Å². The molecule has 0 bridgehead atoms. The summed E-state index contributed by atoms with van der Waals surface area (Å²) < 4.78 is 6.06. The number of hydrogen-bond donors (Lipinski definition) is 2. The quantitative estimate of drug-likeness (QED) is 0.882. The van der Waals surface area contributed by atoms with Crippen molar-refractivity contribution < 1.29 is 4.74 Å². The molecule has 0 unspecified atom stereocenters. The smallest absolute Gasteiger partial charge is 0.127 e. The normalized spacial score (nSPS) is 23.4. The van der Waals surface area contributed by atoms with Gasteiger partial charge in [-0.15, -0.1) is 0 Å². The van der Waals surface area contributed by atoms with Gasteiger partial charge in [-0.05, 0) is 55.2 Å². The molecule has 3 aliphatic rings. The molecule has 3 N–H and O–H groups in total. The van der Waals surface area contributed by atoms with Crippen molar-refractivity contribution in [3.8, 4) is 5.75 Å². The maximum atomic E-state index is 6.44. The highest BCUT2D eigenvalue weighted by Crippen LogP contribution is 2.45. The van der Waals surface area contributed by atoms with Gasteiger partial charge >= 0.3 is 0 Å². The van der Waals surface area contributed by atoms with E-state index in [2.05, 4.69) is 29.6 Å². The average Bonchev–Trinajstić information content (AvgIpc) is 3.39. The van der Waals surface area contributed by atoms with Crippen molar-refractivity contribution in [2.45, 2.75) is 37.3 Å². The predicted octanol–water partition coefficient (Wildman–Crippen LogP) is 2.59. The zero-order chi connectivity index (χ0) is 13.6. The lowest BCUT2D eigenvalue weighted by atomic mass is 9.91. The molecule has 0 saturated heterocycles. The van der Waals surface area contributed by atoms with E-state index in [9.17, 15) is 0 Å². The van der Waals surface area contributed by atoms with Gasteiger partial charge in [0.05, 0.1) is 6.10 Å². The van der Waals surface area contributed by atoms with Gasteiger partial charge in [0.25, 0.3) is 0 Å². The SMILES string of the molecule is NC1(C2=C(c3ccccc3OC3CC3)C=CNC2)CC1. The summed E-state index contributed by atoms with van der Waals surface area (Å²) in [6.45, 7) is 0.847. The first-order valence-corrected chi connectivity index (χ1v) is 7.45. The van der Waals surface area contributed by atoms with Crippen molar-refractivity contribution in [2.75, 3.05) is 6.54 Å². The Kier molecular flexibility index (Phi) is 2.64. The van der Waals surface area contributed by atoms with E-state index in [1.54, 1.807) is 0 Å². The number of hydrogen-bond acceptors (Lipinski definition) is 3. The predicted molar refractivity (Wildman–Crippen MR) is 80.3 cm³/mol. The van der Waals surface area contributed by atoms with E-state index in [1.165, 1.54) is 29.6 Å². The standard InChI is InChI=1S/C17H20N2O/c18-17(8-9-17)15-11-19-10-7-13(15)14-3-1-2-4-16(14)20-12-5-6-12/h1-4,7,10,12,19H,5-6,8-9,11,18H2. The molecule has 2 fully saturated rings. The minimum Gasteiger partial charge on any atom is -0.490 e. The molecule has 3 heteroatoms. The second-order valence-corrected chi connectivity index (χ2v) is 6.08. The molecule has 20 heavy (non-hydrogen) atoms. The molecular formula is C17H20N2O.